The van der Waals surface area contributed by atoms with Crippen molar-refractivity contribution in [1.29, 1.82) is 0 Å². The molecule has 4 rings (SSSR count). The summed E-state index contributed by atoms with van der Waals surface area (Å²) >= 11 is 1.73. The number of nitrogens with zero attached hydrogens (tertiary/aromatic N) is 3. The predicted octanol–water partition coefficient (Wildman–Crippen LogP) is 4.82. The molecule has 0 aliphatic rings. The van der Waals surface area contributed by atoms with Gasteiger partial charge in [-0.1, -0.05) is 60.3 Å². The fraction of sp³-hybridized carbons (Fsp3) is 0.158. The third kappa shape index (κ3) is 2.61. The average molecular weight is 334 g/mol. The molecular formula is C19H18N4S. The second-order valence-corrected chi connectivity index (χ2v) is 7.09. The third-order valence-corrected chi connectivity index (χ3v) is 5.41. The van der Waals surface area contributed by atoms with Crippen molar-refractivity contribution in [1.82, 2.24) is 19.7 Å². The van der Waals surface area contributed by atoms with E-state index in [4.69, 9.17) is 0 Å². The van der Waals surface area contributed by atoms with Crippen LogP contribution in [-0.2, 0) is 7.05 Å². The van der Waals surface area contributed by atoms with Crippen molar-refractivity contribution in [3.8, 4) is 11.4 Å². The number of hydrogen-bond acceptors (Lipinski definition) is 3. The Balaban J connectivity index is 1.66. The van der Waals surface area contributed by atoms with Crippen LogP contribution in [0.1, 0.15) is 17.7 Å². The molecule has 0 bridgehead atoms. The molecule has 0 aliphatic heterocycles. The summed E-state index contributed by atoms with van der Waals surface area (Å²) in [7, 11) is 2.02. The first-order valence-electron chi connectivity index (χ1n) is 7.91. The molecule has 0 saturated carbocycles. The van der Waals surface area contributed by atoms with Crippen LogP contribution in [0, 0.1) is 0 Å². The highest BCUT2D eigenvalue weighted by molar-refractivity contribution is 7.99. The molecule has 0 spiro atoms. The highest BCUT2D eigenvalue weighted by atomic mass is 32.2. The minimum absolute atomic E-state index is 0.324. The van der Waals surface area contributed by atoms with E-state index in [1.165, 1.54) is 10.9 Å². The zero-order valence-electron chi connectivity index (χ0n) is 13.6. The first kappa shape index (κ1) is 15.0. The molecule has 2 aromatic heterocycles. The van der Waals surface area contributed by atoms with Crippen molar-refractivity contribution in [3.05, 3.63) is 66.4 Å². The van der Waals surface area contributed by atoms with E-state index in [1.807, 2.05) is 31.4 Å². The molecule has 0 radical (unpaired) electrons. The maximum Gasteiger partial charge on any atom is 0.191 e. The lowest BCUT2D eigenvalue weighted by Crippen LogP contribution is -1.96. The van der Waals surface area contributed by atoms with Gasteiger partial charge in [-0.25, -0.2) is 0 Å². The van der Waals surface area contributed by atoms with E-state index in [-0.39, 0.29) is 0 Å². The van der Waals surface area contributed by atoms with Crippen molar-refractivity contribution < 1.29 is 0 Å². The van der Waals surface area contributed by atoms with Crippen LogP contribution in [-0.4, -0.2) is 19.7 Å². The van der Waals surface area contributed by atoms with Gasteiger partial charge in [-0.15, -0.1) is 10.2 Å². The molecular weight excluding hydrogens is 316 g/mol. The van der Waals surface area contributed by atoms with Gasteiger partial charge in [-0.2, -0.15) is 0 Å². The number of benzene rings is 2. The molecule has 0 amide bonds. The topological polar surface area (TPSA) is 46.5 Å². The summed E-state index contributed by atoms with van der Waals surface area (Å²) in [6.45, 7) is 2.19. The van der Waals surface area contributed by atoms with Gasteiger partial charge in [-0.05, 0) is 18.6 Å². The van der Waals surface area contributed by atoms with E-state index < -0.39 is 0 Å². The number of aromatic amines is 1. The molecule has 0 aliphatic carbocycles. The highest BCUT2D eigenvalue weighted by Gasteiger charge is 2.17. The molecule has 0 saturated heterocycles. The second-order valence-electron chi connectivity index (χ2n) is 5.78. The molecule has 2 heterocycles. The van der Waals surface area contributed by atoms with Crippen LogP contribution in [0.25, 0.3) is 22.3 Å². The summed E-state index contributed by atoms with van der Waals surface area (Å²) in [6, 6.07) is 18.7. The normalized spacial score (nSPS) is 12.6. The molecule has 0 fully saturated rings. The number of nitrogens with one attached hydrogen (secondary N) is 1. The van der Waals surface area contributed by atoms with Gasteiger partial charge in [0.1, 0.15) is 0 Å². The van der Waals surface area contributed by atoms with E-state index >= 15 is 0 Å². The summed E-state index contributed by atoms with van der Waals surface area (Å²) in [4.78, 5) is 3.30. The first-order valence-corrected chi connectivity index (χ1v) is 8.79. The summed E-state index contributed by atoms with van der Waals surface area (Å²) in [5.74, 6) is 0.884. The van der Waals surface area contributed by atoms with Gasteiger partial charge >= 0.3 is 0 Å². The summed E-state index contributed by atoms with van der Waals surface area (Å²) < 4.78 is 2.07. The SMILES string of the molecule is CC(Sc1nnc(-c2c[nH]c3ccccc23)n1C)c1ccccc1. The quantitative estimate of drug-likeness (QED) is 0.544. The molecule has 1 unspecified atom stereocenters. The van der Waals surface area contributed by atoms with E-state index in [0.717, 1.165) is 22.1 Å². The maximum atomic E-state index is 4.43. The maximum absolute atomic E-state index is 4.43. The van der Waals surface area contributed by atoms with Crippen LogP contribution >= 0.6 is 11.8 Å². The average Bonchev–Trinajstić information content (AvgIpc) is 3.20. The van der Waals surface area contributed by atoms with Crippen LogP contribution in [0.2, 0.25) is 0 Å². The summed E-state index contributed by atoms with van der Waals surface area (Å²) in [5, 5.41) is 11.2. The fourth-order valence-corrected chi connectivity index (χ4v) is 3.80. The Morgan fingerprint density at radius 3 is 2.58 bits per heavy atom. The smallest absolute Gasteiger partial charge is 0.191 e. The summed E-state index contributed by atoms with van der Waals surface area (Å²) in [5.41, 5.74) is 3.49. The fourth-order valence-electron chi connectivity index (χ4n) is 2.86. The van der Waals surface area contributed by atoms with Crippen molar-refractivity contribution in [2.75, 3.05) is 0 Å². The number of fused-ring (bicyclic) bond motifs is 1. The number of rotatable bonds is 4. The van der Waals surface area contributed by atoms with Gasteiger partial charge in [-0.3, -0.25) is 0 Å². The molecule has 5 heteroatoms. The molecule has 120 valence electrons. The Morgan fingerprint density at radius 1 is 1.00 bits per heavy atom. The van der Waals surface area contributed by atoms with E-state index in [0.29, 0.717) is 5.25 Å². The van der Waals surface area contributed by atoms with Crippen molar-refractivity contribution in [3.63, 3.8) is 0 Å². The zero-order valence-corrected chi connectivity index (χ0v) is 14.4. The van der Waals surface area contributed by atoms with Gasteiger partial charge in [0.15, 0.2) is 11.0 Å². The monoisotopic (exact) mass is 334 g/mol. The Morgan fingerprint density at radius 2 is 1.75 bits per heavy atom. The van der Waals surface area contributed by atoms with Crippen molar-refractivity contribution >= 4 is 22.7 Å². The molecule has 24 heavy (non-hydrogen) atoms. The van der Waals surface area contributed by atoms with E-state index in [2.05, 4.69) is 63.1 Å². The third-order valence-electron chi connectivity index (χ3n) is 4.22. The largest absolute Gasteiger partial charge is 0.360 e. The number of aromatic nitrogens is 4. The molecule has 4 nitrogen and oxygen atoms in total. The Labute approximate surface area is 144 Å². The Kier molecular flexibility index (Phi) is 3.86. The zero-order chi connectivity index (χ0) is 16.5. The van der Waals surface area contributed by atoms with Crippen LogP contribution in [0.15, 0.2) is 66.0 Å². The number of para-hydroxylation sites is 1. The molecule has 2 aromatic carbocycles. The van der Waals surface area contributed by atoms with Crippen molar-refractivity contribution in [2.45, 2.75) is 17.3 Å². The van der Waals surface area contributed by atoms with Crippen LogP contribution in [0.4, 0.5) is 0 Å². The number of H-pyrrole nitrogens is 1. The van der Waals surface area contributed by atoms with Gasteiger partial charge in [0.2, 0.25) is 0 Å². The van der Waals surface area contributed by atoms with Gasteiger partial charge in [0.05, 0.1) is 0 Å². The second kappa shape index (κ2) is 6.17. The lowest BCUT2D eigenvalue weighted by atomic mass is 10.1. The lowest BCUT2D eigenvalue weighted by Gasteiger charge is -2.10. The standard InChI is InChI=1S/C19H18N4S/c1-13(14-8-4-3-5-9-14)24-19-22-21-18(23(19)2)16-12-20-17-11-7-6-10-15(16)17/h3-13,20H,1-2H3. The molecule has 4 aromatic rings. The highest BCUT2D eigenvalue weighted by Crippen LogP contribution is 2.35. The number of thioether (sulfide) groups is 1. The van der Waals surface area contributed by atoms with Crippen LogP contribution < -0.4 is 0 Å². The number of hydrogen-bond donors (Lipinski definition) is 1. The molecule has 1 N–H and O–H groups in total. The minimum Gasteiger partial charge on any atom is -0.360 e. The van der Waals surface area contributed by atoms with Gasteiger partial charge in [0.25, 0.3) is 0 Å². The van der Waals surface area contributed by atoms with E-state index in [9.17, 15) is 0 Å². The van der Waals surface area contributed by atoms with Crippen LogP contribution in [0.3, 0.4) is 0 Å². The lowest BCUT2D eigenvalue weighted by molar-refractivity contribution is 0.790. The van der Waals surface area contributed by atoms with Crippen LogP contribution in [0.5, 0.6) is 0 Å². The summed E-state index contributed by atoms with van der Waals surface area (Å²) in [6.07, 6.45) is 2.00. The van der Waals surface area contributed by atoms with Gasteiger partial charge in [0, 0.05) is 35.0 Å². The molecule has 1 atom stereocenters. The minimum atomic E-state index is 0.324. The predicted molar refractivity (Wildman–Crippen MR) is 99.0 cm³/mol. The Hall–Kier alpha value is -2.53. The Bertz CT molecular complexity index is 971. The van der Waals surface area contributed by atoms with E-state index in [1.54, 1.807) is 11.8 Å². The first-order chi connectivity index (χ1) is 11.7. The van der Waals surface area contributed by atoms with Gasteiger partial charge < -0.3 is 9.55 Å². The van der Waals surface area contributed by atoms with Crippen molar-refractivity contribution in [2.24, 2.45) is 7.05 Å².